The van der Waals surface area contributed by atoms with Gasteiger partial charge in [0.05, 0.1) is 10.6 Å². The van der Waals surface area contributed by atoms with Crippen LogP contribution in [-0.2, 0) is 25.7 Å². The molecule has 0 spiro atoms. The molecule has 8 aromatic rings. The van der Waals surface area contributed by atoms with E-state index in [0.717, 1.165) is 80.2 Å². The number of para-hydroxylation sites is 4. The molecule has 4 aliphatic rings. The lowest BCUT2D eigenvalue weighted by Crippen LogP contribution is -2.00. The Labute approximate surface area is 268 Å². The van der Waals surface area contributed by atoms with Crippen LogP contribution in [0.15, 0.2) is 150 Å². The number of aryl methyl sites for hydroxylation is 4. The van der Waals surface area contributed by atoms with Gasteiger partial charge in [0.25, 0.3) is 16.0 Å². The molecule has 0 aliphatic heterocycles. The fourth-order valence-corrected chi connectivity index (χ4v) is 9.72. The highest BCUT2D eigenvalue weighted by atomic mass is 31.1. The molecule has 224 valence electrons. The molecule has 0 atom stereocenters. The van der Waals surface area contributed by atoms with Crippen molar-refractivity contribution in [2.45, 2.75) is 25.7 Å². The summed E-state index contributed by atoms with van der Waals surface area (Å²) in [5.74, 6) is 0. The second-order valence-electron chi connectivity index (χ2n) is 11.8. The van der Waals surface area contributed by atoms with Crippen LogP contribution in [0.3, 0.4) is 0 Å². The van der Waals surface area contributed by atoms with Crippen molar-refractivity contribution in [2.75, 3.05) is 0 Å². The minimum Gasteiger partial charge on any atom is -0.416 e. The van der Waals surface area contributed by atoms with Crippen LogP contribution in [0.25, 0.3) is 54.5 Å². The molecule has 4 aliphatic carbocycles. The number of benzene rings is 6. The van der Waals surface area contributed by atoms with Crippen molar-refractivity contribution in [1.82, 2.24) is 0 Å². The number of hydrogen-bond donors (Lipinski definition) is 0. The molecule has 4 nitrogen and oxygen atoms in total. The molecule has 0 saturated carbocycles. The maximum Gasteiger partial charge on any atom is 0.253 e. The van der Waals surface area contributed by atoms with E-state index >= 15 is 0 Å². The van der Waals surface area contributed by atoms with E-state index in [1.54, 1.807) is 0 Å². The Kier molecular flexibility index (Phi) is 6.85. The van der Waals surface area contributed by atoms with Crippen molar-refractivity contribution in [3.8, 4) is 10.6 Å². The van der Waals surface area contributed by atoms with Crippen molar-refractivity contribution < 1.29 is 16.8 Å². The smallest absolute Gasteiger partial charge is 0.253 e. The third kappa shape index (κ3) is 4.95. The van der Waals surface area contributed by atoms with Gasteiger partial charge in [0, 0.05) is 21.5 Å². The van der Waals surface area contributed by atoms with Crippen molar-refractivity contribution in [1.29, 1.82) is 0 Å². The molecule has 2 aromatic heterocycles. The zero-order chi connectivity index (χ0) is 30.5. The molecule has 0 amide bonds. The summed E-state index contributed by atoms with van der Waals surface area (Å²) in [7, 11) is -2.76. The van der Waals surface area contributed by atoms with Crippen LogP contribution in [0.5, 0.6) is 0 Å². The van der Waals surface area contributed by atoms with Gasteiger partial charge in [-0.05, 0) is 84.3 Å². The monoisotopic (exact) mass is 636 g/mol. The molecule has 0 unspecified atom stereocenters. The minimum absolute atomic E-state index is 0.865. The van der Waals surface area contributed by atoms with Gasteiger partial charge in [-0.3, -0.25) is 0 Å². The zero-order valence-electron chi connectivity index (χ0n) is 25.1. The molecule has 0 radical (unpaired) electrons. The lowest BCUT2D eigenvalue weighted by Gasteiger charge is -2.15. The molecule has 6 heteroatoms. The molecule has 2 heterocycles. The van der Waals surface area contributed by atoms with E-state index in [-0.39, 0.29) is 0 Å². The summed E-state index contributed by atoms with van der Waals surface area (Å²) in [5.41, 5.74) is 8.51. The predicted octanol–water partition coefficient (Wildman–Crippen LogP) is 12.8. The van der Waals surface area contributed by atoms with E-state index in [0.29, 0.717) is 0 Å². The summed E-state index contributed by atoms with van der Waals surface area (Å²) >= 11 is 0. The SMILES string of the molecule is c1ccc2c(c1)op(-c1cc3ccc1CCc1ccc(c(-p4oc5ccccc5c5ccccc5o4)c1)CC3)oc1ccccc12. The topological polar surface area (TPSA) is 52.6 Å². The van der Waals surface area contributed by atoms with Gasteiger partial charge in [-0.25, -0.2) is 0 Å². The number of rotatable bonds is 2. The highest BCUT2D eigenvalue weighted by Gasteiger charge is 2.18. The van der Waals surface area contributed by atoms with Crippen molar-refractivity contribution in [3.63, 3.8) is 0 Å². The van der Waals surface area contributed by atoms with E-state index in [9.17, 15) is 0 Å². The summed E-state index contributed by atoms with van der Waals surface area (Å²) in [4.78, 5) is 0. The van der Waals surface area contributed by atoms with E-state index in [1.807, 2.05) is 24.3 Å². The Bertz CT molecular complexity index is 2220. The van der Waals surface area contributed by atoms with Crippen LogP contribution in [0, 0.1) is 0 Å². The molecule has 46 heavy (non-hydrogen) atoms. The van der Waals surface area contributed by atoms with Gasteiger partial charge in [-0.2, -0.15) is 0 Å². The fraction of sp³-hybridized carbons (Fsp3) is 0.100. The summed E-state index contributed by atoms with van der Waals surface area (Å²) < 4.78 is 26.9. The summed E-state index contributed by atoms with van der Waals surface area (Å²) in [6.45, 7) is 0. The van der Waals surface area contributed by atoms with Crippen LogP contribution < -0.4 is 0 Å². The summed E-state index contributed by atoms with van der Waals surface area (Å²) in [6, 6.07) is 46.8. The first-order valence-corrected chi connectivity index (χ1v) is 18.0. The molecular formula is C40H30O4P2. The third-order valence-corrected chi connectivity index (χ3v) is 12.0. The maximum absolute atomic E-state index is 6.72. The first-order chi connectivity index (χ1) is 22.8. The lowest BCUT2D eigenvalue weighted by atomic mass is 9.96. The second kappa shape index (κ2) is 11.5. The Morgan fingerprint density at radius 2 is 0.674 bits per heavy atom. The van der Waals surface area contributed by atoms with Crippen molar-refractivity contribution in [3.05, 3.63) is 156 Å². The van der Waals surface area contributed by atoms with Gasteiger partial charge in [0.1, 0.15) is 22.3 Å². The van der Waals surface area contributed by atoms with Gasteiger partial charge in [0.2, 0.25) is 0 Å². The molecule has 12 rings (SSSR count). The van der Waals surface area contributed by atoms with E-state index in [4.69, 9.17) is 16.8 Å². The Morgan fingerprint density at radius 1 is 0.348 bits per heavy atom. The normalized spacial score (nSPS) is 12.9. The maximum atomic E-state index is 6.72. The third-order valence-electron chi connectivity index (χ3n) is 8.91. The van der Waals surface area contributed by atoms with Gasteiger partial charge in [-0.15, -0.1) is 0 Å². The van der Waals surface area contributed by atoms with Crippen LogP contribution in [0.4, 0.5) is 0 Å². The van der Waals surface area contributed by atoms with E-state index in [2.05, 4.69) is 109 Å². The molecule has 0 N–H and O–H groups in total. The lowest BCUT2D eigenvalue weighted by molar-refractivity contribution is 0.649. The first kappa shape index (κ1) is 27.4. The summed E-state index contributed by atoms with van der Waals surface area (Å²) in [5, 5.41) is 6.58. The fourth-order valence-electron chi connectivity index (χ4n) is 6.52. The second-order valence-corrected chi connectivity index (χ2v) is 14.5. The highest BCUT2D eigenvalue weighted by molar-refractivity contribution is 7.46. The van der Waals surface area contributed by atoms with Crippen LogP contribution in [0.2, 0.25) is 0 Å². The highest BCUT2D eigenvalue weighted by Crippen LogP contribution is 2.48. The van der Waals surface area contributed by atoms with Crippen LogP contribution >= 0.6 is 16.0 Å². The molecule has 4 bridgehead atoms. The summed E-state index contributed by atoms with van der Waals surface area (Å²) in [6.07, 6.45) is 3.50. The van der Waals surface area contributed by atoms with Gasteiger partial charge < -0.3 is 16.8 Å². The number of hydrogen-bond acceptors (Lipinski definition) is 4. The first-order valence-electron chi connectivity index (χ1n) is 15.7. The molecular weight excluding hydrogens is 606 g/mol. The van der Waals surface area contributed by atoms with E-state index < -0.39 is 16.0 Å². The standard InChI is InChI=1S/C40H30O4P2/c1-5-13-35-31(9-1)32-10-2-6-14-36(32)42-45(41-35)39-25-27-17-21-29(39)23-19-28-18-22-30(24-20-27)40(26-28)46-43-37-15-7-3-11-33(37)34-12-4-8-16-38(34)44-46/h1-18,21-22,25-26H,19-20,23-24H2. The zero-order valence-corrected chi connectivity index (χ0v) is 26.8. The Morgan fingerprint density at radius 3 is 1.02 bits per heavy atom. The van der Waals surface area contributed by atoms with Gasteiger partial charge in [0.15, 0.2) is 0 Å². The molecule has 0 saturated heterocycles. The van der Waals surface area contributed by atoms with Crippen molar-refractivity contribution >= 4 is 59.9 Å². The van der Waals surface area contributed by atoms with Crippen LogP contribution in [-0.4, -0.2) is 0 Å². The van der Waals surface area contributed by atoms with Crippen LogP contribution in [0.1, 0.15) is 22.3 Å². The number of fused-ring (bicyclic) bond motifs is 6. The average molecular weight is 637 g/mol. The quantitative estimate of drug-likeness (QED) is 0.189. The largest absolute Gasteiger partial charge is 0.416 e. The molecule has 6 aromatic carbocycles. The Hall–Kier alpha value is -4.88. The van der Waals surface area contributed by atoms with Crippen molar-refractivity contribution in [2.24, 2.45) is 0 Å². The minimum atomic E-state index is -1.38. The average Bonchev–Trinajstić information content (AvgIpc) is 3.37. The molecule has 0 fully saturated rings. The Balaban J connectivity index is 1.18. The predicted molar refractivity (Wildman–Crippen MR) is 190 cm³/mol. The van der Waals surface area contributed by atoms with E-state index in [1.165, 1.54) is 22.3 Å². The van der Waals surface area contributed by atoms with Gasteiger partial charge >= 0.3 is 0 Å². The van der Waals surface area contributed by atoms with Gasteiger partial charge in [-0.1, -0.05) is 97.1 Å².